The van der Waals surface area contributed by atoms with E-state index < -0.39 is 14.8 Å². The number of para-hydroxylation sites is 2. The number of hydrogen-bond donors (Lipinski definition) is 1. The van der Waals surface area contributed by atoms with Gasteiger partial charge in [0.1, 0.15) is 5.69 Å². The number of amides is 1. The van der Waals surface area contributed by atoms with Gasteiger partial charge in [0.15, 0.2) is 9.84 Å². The van der Waals surface area contributed by atoms with E-state index in [1.807, 2.05) is 0 Å². The van der Waals surface area contributed by atoms with E-state index >= 15 is 0 Å². The Bertz CT molecular complexity index is 704. The molecule has 1 fully saturated rings. The second-order valence-corrected chi connectivity index (χ2v) is 7.74. The van der Waals surface area contributed by atoms with E-state index in [0.717, 1.165) is 0 Å². The first-order chi connectivity index (χ1) is 10.8. The normalized spacial score (nSPS) is 19.3. The van der Waals surface area contributed by atoms with Gasteiger partial charge in [0.25, 0.3) is 5.69 Å². The van der Waals surface area contributed by atoms with Crippen molar-refractivity contribution in [2.75, 3.05) is 30.4 Å². The summed E-state index contributed by atoms with van der Waals surface area (Å²) in [7, 11) is -1.44. The van der Waals surface area contributed by atoms with Crippen LogP contribution >= 0.6 is 0 Å². The lowest BCUT2D eigenvalue weighted by Gasteiger charge is -2.23. The summed E-state index contributed by atoms with van der Waals surface area (Å²) in [5.74, 6) is -0.0606. The zero-order chi connectivity index (χ0) is 17.0. The van der Waals surface area contributed by atoms with Crippen LogP contribution < -0.4 is 5.32 Å². The second-order valence-electron chi connectivity index (χ2n) is 5.51. The first-order valence-electron chi connectivity index (χ1n) is 7.23. The van der Waals surface area contributed by atoms with Crippen LogP contribution in [0, 0.1) is 10.1 Å². The fourth-order valence-corrected chi connectivity index (χ4v) is 4.32. The van der Waals surface area contributed by atoms with Gasteiger partial charge in [0.05, 0.1) is 16.4 Å². The predicted molar refractivity (Wildman–Crippen MR) is 86.0 cm³/mol. The molecule has 1 aliphatic heterocycles. The smallest absolute Gasteiger partial charge is 0.292 e. The van der Waals surface area contributed by atoms with Crippen molar-refractivity contribution in [1.29, 1.82) is 0 Å². The van der Waals surface area contributed by atoms with Crippen LogP contribution in [0.25, 0.3) is 0 Å². The highest BCUT2D eigenvalue weighted by atomic mass is 32.2. The molecule has 0 aliphatic carbocycles. The average Bonchev–Trinajstić information content (AvgIpc) is 2.86. The Labute approximate surface area is 134 Å². The molecule has 0 radical (unpaired) electrons. The molecule has 0 unspecified atom stereocenters. The number of nitrogens with one attached hydrogen (secondary N) is 1. The highest BCUT2D eigenvalue weighted by Crippen LogP contribution is 2.23. The average molecular weight is 341 g/mol. The molecule has 9 heteroatoms. The largest absolute Gasteiger partial charge is 0.379 e. The molecular weight excluding hydrogens is 322 g/mol. The Morgan fingerprint density at radius 3 is 2.74 bits per heavy atom. The molecule has 1 atom stereocenters. The maximum Gasteiger partial charge on any atom is 0.292 e. The van der Waals surface area contributed by atoms with Crippen molar-refractivity contribution in [2.24, 2.45) is 0 Å². The summed E-state index contributed by atoms with van der Waals surface area (Å²) in [6.07, 6.45) is 0.598. The van der Waals surface area contributed by atoms with Gasteiger partial charge in [-0.1, -0.05) is 12.1 Å². The summed E-state index contributed by atoms with van der Waals surface area (Å²) in [5, 5.41) is 13.8. The van der Waals surface area contributed by atoms with Crippen molar-refractivity contribution in [3.05, 3.63) is 34.4 Å². The van der Waals surface area contributed by atoms with Gasteiger partial charge in [-0.05, 0) is 12.5 Å². The molecule has 126 valence electrons. The summed E-state index contributed by atoms with van der Waals surface area (Å²) in [5.41, 5.74) is 0.312. The second kappa shape index (κ2) is 6.95. The van der Waals surface area contributed by atoms with E-state index in [-0.39, 0.29) is 42.1 Å². The number of nitro benzene ring substituents is 1. The van der Waals surface area contributed by atoms with Crippen molar-refractivity contribution in [3.8, 4) is 0 Å². The third kappa shape index (κ3) is 4.41. The standard InChI is InChI=1S/C14H19N3O5S/c1-16(11-7-9-23(21,22)10-11)14(18)6-8-15-12-4-2-3-5-13(12)17(19)20/h2-5,11,15H,6-10H2,1H3/t11-/m1/s1. The van der Waals surface area contributed by atoms with Crippen LogP contribution in [0.3, 0.4) is 0 Å². The van der Waals surface area contributed by atoms with Crippen molar-refractivity contribution in [2.45, 2.75) is 18.9 Å². The van der Waals surface area contributed by atoms with Crippen molar-refractivity contribution >= 4 is 27.1 Å². The molecule has 0 saturated carbocycles. The molecule has 23 heavy (non-hydrogen) atoms. The van der Waals surface area contributed by atoms with Gasteiger partial charge < -0.3 is 10.2 Å². The molecule has 1 heterocycles. The minimum absolute atomic E-state index is 0.00677. The third-order valence-corrected chi connectivity index (χ3v) is 5.65. The first kappa shape index (κ1) is 17.2. The molecule has 0 bridgehead atoms. The quantitative estimate of drug-likeness (QED) is 0.611. The van der Waals surface area contributed by atoms with Gasteiger partial charge in [0, 0.05) is 32.1 Å². The van der Waals surface area contributed by atoms with E-state index in [1.54, 1.807) is 25.2 Å². The van der Waals surface area contributed by atoms with Crippen molar-refractivity contribution in [3.63, 3.8) is 0 Å². The number of nitrogens with zero attached hydrogens (tertiary/aromatic N) is 2. The molecule has 0 aromatic heterocycles. The fraction of sp³-hybridized carbons (Fsp3) is 0.500. The molecular formula is C14H19N3O5S. The van der Waals surface area contributed by atoms with Crippen LogP contribution in [0.1, 0.15) is 12.8 Å². The van der Waals surface area contributed by atoms with Crippen LogP contribution in [-0.2, 0) is 14.6 Å². The maximum atomic E-state index is 12.1. The molecule has 8 nitrogen and oxygen atoms in total. The number of rotatable bonds is 6. The number of anilines is 1. The Hall–Kier alpha value is -2.16. The molecule has 1 aromatic carbocycles. The number of sulfone groups is 1. The Kier molecular flexibility index (Phi) is 5.19. The van der Waals surface area contributed by atoms with Gasteiger partial charge in [-0.3, -0.25) is 14.9 Å². The zero-order valence-corrected chi connectivity index (χ0v) is 13.6. The third-order valence-electron chi connectivity index (χ3n) is 3.90. The van der Waals surface area contributed by atoms with Crippen LogP contribution in [-0.4, -0.2) is 55.3 Å². The minimum Gasteiger partial charge on any atom is -0.379 e. The maximum absolute atomic E-state index is 12.1. The van der Waals surface area contributed by atoms with E-state index in [9.17, 15) is 23.3 Å². The highest BCUT2D eigenvalue weighted by molar-refractivity contribution is 7.91. The topological polar surface area (TPSA) is 110 Å². The summed E-state index contributed by atoms with van der Waals surface area (Å²) in [6.45, 7) is 0.244. The first-order valence-corrected chi connectivity index (χ1v) is 9.05. The molecule has 1 saturated heterocycles. The number of carbonyl (C=O) groups excluding carboxylic acids is 1. The molecule has 1 aromatic rings. The lowest BCUT2D eigenvalue weighted by Crippen LogP contribution is -2.38. The van der Waals surface area contributed by atoms with E-state index in [0.29, 0.717) is 12.1 Å². The van der Waals surface area contributed by atoms with Crippen LogP contribution in [0.15, 0.2) is 24.3 Å². The van der Waals surface area contributed by atoms with Crippen LogP contribution in [0.4, 0.5) is 11.4 Å². The van der Waals surface area contributed by atoms with Gasteiger partial charge >= 0.3 is 0 Å². The zero-order valence-electron chi connectivity index (χ0n) is 12.8. The Morgan fingerprint density at radius 1 is 1.43 bits per heavy atom. The van der Waals surface area contributed by atoms with E-state index in [1.165, 1.54) is 11.0 Å². The lowest BCUT2D eigenvalue weighted by atomic mass is 10.2. The SMILES string of the molecule is CN(C(=O)CCNc1ccccc1[N+](=O)[O-])[C@@H]1CCS(=O)(=O)C1. The summed E-state index contributed by atoms with van der Waals surface area (Å²) >= 11 is 0. The summed E-state index contributed by atoms with van der Waals surface area (Å²) in [4.78, 5) is 24.0. The van der Waals surface area contributed by atoms with Gasteiger partial charge in [-0.15, -0.1) is 0 Å². The predicted octanol–water partition coefficient (Wildman–Crippen LogP) is 1.04. The van der Waals surface area contributed by atoms with Gasteiger partial charge in [-0.25, -0.2) is 8.42 Å². The number of benzene rings is 1. The van der Waals surface area contributed by atoms with Gasteiger partial charge in [-0.2, -0.15) is 0 Å². The molecule has 2 rings (SSSR count). The monoisotopic (exact) mass is 341 g/mol. The van der Waals surface area contributed by atoms with Gasteiger partial charge in [0.2, 0.25) is 5.91 Å². The Morgan fingerprint density at radius 2 is 2.13 bits per heavy atom. The van der Waals surface area contributed by atoms with Crippen molar-refractivity contribution < 1.29 is 18.1 Å². The highest BCUT2D eigenvalue weighted by Gasteiger charge is 2.32. The summed E-state index contributed by atoms with van der Waals surface area (Å²) in [6, 6.07) is 5.93. The Balaban J connectivity index is 1.87. The van der Waals surface area contributed by atoms with E-state index in [2.05, 4.69) is 5.32 Å². The molecule has 1 N–H and O–H groups in total. The molecule has 1 aliphatic rings. The lowest BCUT2D eigenvalue weighted by molar-refractivity contribution is -0.384. The molecule has 0 spiro atoms. The van der Waals surface area contributed by atoms with E-state index in [4.69, 9.17) is 0 Å². The minimum atomic E-state index is -3.04. The number of hydrogen-bond acceptors (Lipinski definition) is 6. The van der Waals surface area contributed by atoms with Crippen molar-refractivity contribution in [1.82, 2.24) is 4.90 Å². The van der Waals surface area contributed by atoms with Crippen LogP contribution in [0.2, 0.25) is 0 Å². The fourth-order valence-electron chi connectivity index (χ4n) is 2.55. The molecule has 1 amide bonds. The number of nitro groups is 1. The number of carbonyl (C=O) groups is 1. The van der Waals surface area contributed by atoms with Crippen LogP contribution in [0.5, 0.6) is 0 Å². The summed E-state index contributed by atoms with van der Waals surface area (Å²) < 4.78 is 22.9.